The number of rotatable bonds is 3. The van der Waals surface area contributed by atoms with Crippen LogP contribution >= 0.6 is 0 Å². The molecule has 0 aliphatic carbocycles. The van der Waals surface area contributed by atoms with Crippen LogP contribution in [0.3, 0.4) is 0 Å². The molecule has 19 heavy (non-hydrogen) atoms. The minimum absolute atomic E-state index is 0.240. The number of carbonyl (C=O) groups excluding carboxylic acids is 1. The topological polar surface area (TPSA) is 57.6 Å². The highest BCUT2D eigenvalue weighted by Crippen LogP contribution is 2.20. The van der Waals surface area contributed by atoms with E-state index in [1.807, 2.05) is 46.8 Å². The first-order chi connectivity index (χ1) is 8.64. The van der Waals surface area contributed by atoms with Crippen LogP contribution in [-0.4, -0.2) is 34.0 Å². The Kier molecular flexibility index (Phi) is 4.35. The SMILES string of the molecule is Cc1cccc(C(=O)N(CC(=O)O)C(C)(C)C)c1C. The molecule has 0 aliphatic rings. The summed E-state index contributed by atoms with van der Waals surface area (Å²) in [6.45, 7) is 9.02. The number of hydrogen-bond acceptors (Lipinski definition) is 2. The number of carboxylic acid groups (broad SMARTS) is 1. The highest BCUT2D eigenvalue weighted by molar-refractivity contribution is 5.97. The van der Waals surface area contributed by atoms with Gasteiger partial charge in [-0.2, -0.15) is 0 Å². The molecule has 0 radical (unpaired) electrons. The predicted molar refractivity (Wildman–Crippen MR) is 74.3 cm³/mol. The number of aryl methyl sites for hydroxylation is 1. The van der Waals surface area contributed by atoms with Gasteiger partial charge in [0.05, 0.1) is 0 Å². The summed E-state index contributed by atoms with van der Waals surface area (Å²) in [5, 5.41) is 8.97. The number of carbonyl (C=O) groups is 2. The van der Waals surface area contributed by atoms with Crippen LogP contribution in [-0.2, 0) is 4.79 Å². The molecule has 0 aliphatic heterocycles. The van der Waals surface area contributed by atoms with Gasteiger partial charge in [-0.1, -0.05) is 12.1 Å². The smallest absolute Gasteiger partial charge is 0.323 e. The molecule has 1 aromatic rings. The minimum Gasteiger partial charge on any atom is -0.480 e. The first-order valence-electron chi connectivity index (χ1n) is 6.24. The van der Waals surface area contributed by atoms with Crippen LogP contribution < -0.4 is 0 Å². The molecule has 0 heterocycles. The maximum atomic E-state index is 12.6. The van der Waals surface area contributed by atoms with E-state index in [0.29, 0.717) is 5.56 Å². The summed E-state index contributed by atoms with van der Waals surface area (Å²) >= 11 is 0. The van der Waals surface area contributed by atoms with Gasteiger partial charge in [0.2, 0.25) is 0 Å². The molecule has 1 aromatic carbocycles. The van der Waals surface area contributed by atoms with Crippen molar-refractivity contribution < 1.29 is 14.7 Å². The maximum absolute atomic E-state index is 12.6. The molecule has 0 unspecified atom stereocenters. The first kappa shape index (κ1) is 15.2. The predicted octanol–water partition coefficient (Wildman–Crippen LogP) is 2.63. The second-order valence-electron chi connectivity index (χ2n) is 5.70. The molecule has 0 atom stereocenters. The number of nitrogens with zero attached hydrogens (tertiary/aromatic N) is 1. The Morgan fingerprint density at radius 3 is 2.26 bits per heavy atom. The van der Waals surface area contributed by atoms with Gasteiger partial charge < -0.3 is 10.0 Å². The zero-order chi connectivity index (χ0) is 14.8. The zero-order valence-corrected chi connectivity index (χ0v) is 12.2. The van der Waals surface area contributed by atoms with E-state index in [2.05, 4.69) is 0 Å². The van der Waals surface area contributed by atoms with E-state index < -0.39 is 11.5 Å². The van der Waals surface area contributed by atoms with E-state index >= 15 is 0 Å². The fourth-order valence-corrected chi connectivity index (χ4v) is 1.88. The van der Waals surface area contributed by atoms with Crippen LogP contribution in [0, 0.1) is 13.8 Å². The lowest BCUT2D eigenvalue weighted by atomic mass is 9.99. The van der Waals surface area contributed by atoms with Crippen molar-refractivity contribution in [2.24, 2.45) is 0 Å². The minimum atomic E-state index is -1.01. The number of amides is 1. The third kappa shape index (κ3) is 3.56. The van der Waals surface area contributed by atoms with Gasteiger partial charge in [0.25, 0.3) is 5.91 Å². The van der Waals surface area contributed by atoms with Crippen molar-refractivity contribution in [3.8, 4) is 0 Å². The zero-order valence-electron chi connectivity index (χ0n) is 12.2. The van der Waals surface area contributed by atoms with Gasteiger partial charge >= 0.3 is 5.97 Å². The molecule has 1 N–H and O–H groups in total. The van der Waals surface area contributed by atoms with Crippen molar-refractivity contribution >= 4 is 11.9 Å². The van der Waals surface area contributed by atoms with Crippen molar-refractivity contribution in [1.82, 2.24) is 4.90 Å². The second kappa shape index (κ2) is 5.43. The van der Waals surface area contributed by atoms with Crippen molar-refractivity contribution in [3.05, 3.63) is 34.9 Å². The standard InChI is InChI=1S/C15H21NO3/c1-10-7-6-8-12(11(10)2)14(19)16(9-13(17)18)15(3,4)5/h6-8H,9H2,1-5H3,(H,17,18). The molecule has 0 fully saturated rings. The second-order valence-corrected chi connectivity index (χ2v) is 5.70. The van der Waals surface area contributed by atoms with Crippen LogP contribution in [0.15, 0.2) is 18.2 Å². The molecular weight excluding hydrogens is 242 g/mol. The number of benzene rings is 1. The molecule has 0 aromatic heterocycles. The Bertz CT molecular complexity index is 501. The largest absolute Gasteiger partial charge is 0.480 e. The summed E-state index contributed by atoms with van der Waals surface area (Å²) in [7, 11) is 0. The van der Waals surface area contributed by atoms with Crippen LogP contribution in [0.1, 0.15) is 42.3 Å². The molecular formula is C15H21NO3. The molecule has 4 nitrogen and oxygen atoms in total. The van der Waals surface area contributed by atoms with E-state index in [9.17, 15) is 9.59 Å². The molecule has 0 bridgehead atoms. The van der Waals surface area contributed by atoms with E-state index in [4.69, 9.17) is 5.11 Å². The summed E-state index contributed by atoms with van der Waals surface area (Å²) in [6.07, 6.45) is 0. The highest BCUT2D eigenvalue weighted by atomic mass is 16.4. The summed E-state index contributed by atoms with van der Waals surface area (Å²) in [5.41, 5.74) is 1.95. The molecule has 104 valence electrons. The normalized spacial score (nSPS) is 11.2. The third-order valence-electron chi connectivity index (χ3n) is 3.18. The fourth-order valence-electron chi connectivity index (χ4n) is 1.88. The fraction of sp³-hybridized carbons (Fsp3) is 0.467. The number of carboxylic acids is 1. The lowest BCUT2D eigenvalue weighted by Crippen LogP contribution is -2.48. The van der Waals surface area contributed by atoms with Gasteiger partial charge in [-0.15, -0.1) is 0 Å². The van der Waals surface area contributed by atoms with Crippen LogP contribution in [0.2, 0.25) is 0 Å². The number of hydrogen-bond donors (Lipinski definition) is 1. The summed E-state index contributed by atoms with van der Waals surface area (Å²) < 4.78 is 0. The lowest BCUT2D eigenvalue weighted by molar-refractivity contribution is -0.138. The van der Waals surface area contributed by atoms with Crippen LogP contribution in [0.25, 0.3) is 0 Å². The van der Waals surface area contributed by atoms with Crippen LogP contribution in [0.4, 0.5) is 0 Å². The van der Waals surface area contributed by atoms with Crippen molar-refractivity contribution in [2.75, 3.05) is 6.54 Å². The molecule has 0 saturated carbocycles. The Labute approximate surface area is 114 Å². The molecule has 1 amide bonds. The Hall–Kier alpha value is -1.84. The van der Waals surface area contributed by atoms with E-state index in [-0.39, 0.29) is 12.5 Å². The van der Waals surface area contributed by atoms with Gasteiger partial charge in [0, 0.05) is 11.1 Å². The van der Waals surface area contributed by atoms with Crippen molar-refractivity contribution in [3.63, 3.8) is 0 Å². The van der Waals surface area contributed by atoms with Gasteiger partial charge in [-0.3, -0.25) is 9.59 Å². The van der Waals surface area contributed by atoms with Crippen molar-refractivity contribution in [1.29, 1.82) is 0 Å². The first-order valence-corrected chi connectivity index (χ1v) is 6.24. The van der Waals surface area contributed by atoms with E-state index in [1.54, 1.807) is 6.07 Å². The molecule has 0 spiro atoms. The average molecular weight is 263 g/mol. The Morgan fingerprint density at radius 2 is 1.79 bits per heavy atom. The third-order valence-corrected chi connectivity index (χ3v) is 3.18. The van der Waals surface area contributed by atoms with Crippen LogP contribution in [0.5, 0.6) is 0 Å². The number of aliphatic carboxylic acids is 1. The summed E-state index contributed by atoms with van der Waals surface area (Å²) in [5.74, 6) is -1.25. The van der Waals surface area contributed by atoms with Gasteiger partial charge in [-0.05, 0) is 51.8 Å². The van der Waals surface area contributed by atoms with Gasteiger partial charge in [0.15, 0.2) is 0 Å². The van der Waals surface area contributed by atoms with E-state index in [0.717, 1.165) is 11.1 Å². The molecule has 1 rings (SSSR count). The quantitative estimate of drug-likeness (QED) is 0.912. The van der Waals surface area contributed by atoms with Gasteiger partial charge in [-0.25, -0.2) is 0 Å². The van der Waals surface area contributed by atoms with E-state index in [1.165, 1.54) is 4.90 Å². The average Bonchev–Trinajstić information content (AvgIpc) is 2.27. The lowest BCUT2D eigenvalue weighted by Gasteiger charge is -2.35. The monoisotopic (exact) mass is 263 g/mol. The molecule has 4 heteroatoms. The maximum Gasteiger partial charge on any atom is 0.323 e. The Morgan fingerprint density at radius 1 is 1.21 bits per heavy atom. The Balaban J connectivity index is 3.20. The van der Waals surface area contributed by atoms with Gasteiger partial charge in [0.1, 0.15) is 6.54 Å². The molecule has 0 saturated heterocycles. The van der Waals surface area contributed by atoms with Crippen molar-refractivity contribution in [2.45, 2.75) is 40.2 Å². The highest BCUT2D eigenvalue weighted by Gasteiger charge is 2.30. The summed E-state index contributed by atoms with van der Waals surface area (Å²) in [6, 6.07) is 5.49. The summed E-state index contributed by atoms with van der Waals surface area (Å²) in [4.78, 5) is 24.9.